The van der Waals surface area contributed by atoms with Gasteiger partial charge in [-0.05, 0) is 50.0 Å². The van der Waals surface area contributed by atoms with Gasteiger partial charge in [-0.3, -0.25) is 0 Å². The van der Waals surface area contributed by atoms with Crippen LogP contribution < -0.4 is 5.32 Å². The van der Waals surface area contributed by atoms with Gasteiger partial charge in [0.2, 0.25) is 0 Å². The molecule has 1 saturated carbocycles. The van der Waals surface area contributed by atoms with Crippen LogP contribution in [-0.4, -0.2) is 39.5 Å². The smallest absolute Gasteiger partial charge is 0.0700 e. The number of nitrogens with one attached hydrogen (secondary N) is 1. The Morgan fingerprint density at radius 3 is 2.57 bits per heavy atom. The van der Waals surface area contributed by atoms with Crippen molar-refractivity contribution in [1.29, 1.82) is 0 Å². The zero-order chi connectivity index (χ0) is 15.5. The summed E-state index contributed by atoms with van der Waals surface area (Å²) in [5, 5.41) is 3.65. The summed E-state index contributed by atoms with van der Waals surface area (Å²) in [7, 11) is 1.72. The Labute approximate surface area is 132 Å². The molecule has 1 rings (SSSR count). The maximum Gasteiger partial charge on any atom is 0.0700 e. The van der Waals surface area contributed by atoms with Crippen molar-refractivity contribution in [2.45, 2.75) is 65.3 Å². The molecule has 21 heavy (non-hydrogen) atoms. The van der Waals surface area contributed by atoms with Gasteiger partial charge in [-0.25, -0.2) is 0 Å². The molecule has 3 nitrogen and oxygen atoms in total. The highest BCUT2D eigenvalue weighted by Gasteiger charge is 2.29. The second kappa shape index (κ2) is 11.4. The van der Waals surface area contributed by atoms with Gasteiger partial charge < -0.3 is 14.8 Å². The molecule has 0 spiro atoms. The van der Waals surface area contributed by atoms with Gasteiger partial charge in [-0.1, -0.05) is 33.6 Å². The van der Waals surface area contributed by atoms with Crippen LogP contribution in [0.5, 0.6) is 0 Å². The third kappa shape index (κ3) is 8.18. The van der Waals surface area contributed by atoms with Gasteiger partial charge in [0.15, 0.2) is 0 Å². The van der Waals surface area contributed by atoms with E-state index in [9.17, 15) is 0 Å². The topological polar surface area (TPSA) is 30.5 Å². The maximum absolute atomic E-state index is 5.61. The Hall–Kier alpha value is -0.120. The summed E-state index contributed by atoms with van der Waals surface area (Å²) in [4.78, 5) is 0. The van der Waals surface area contributed by atoms with E-state index in [0.717, 1.165) is 31.0 Å². The molecule has 1 aliphatic rings. The first kappa shape index (κ1) is 18.9. The van der Waals surface area contributed by atoms with Gasteiger partial charge in [0.1, 0.15) is 0 Å². The fourth-order valence-electron chi connectivity index (χ4n) is 3.50. The Morgan fingerprint density at radius 2 is 1.90 bits per heavy atom. The SMILES string of the molecule is CCC1CCC(CNC(C)C)C(CCCOCCOC)C1. The summed E-state index contributed by atoms with van der Waals surface area (Å²) < 4.78 is 10.6. The van der Waals surface area contributed by atoms with E-state index in [1.54, 1.807) is 7.11 Å². The quantitative estimate of drug-likeness (QED) is 0.587. The molecule has 3 atom stereocenters. The van der Waals surface area contributed by atoms with E-state index in [-0.39, 0.29) is 0 Å². The summed E-state index contributed by atoms with van der Waals surface area (Å²) in [6.45, 7) is 10.4. The van der Waals surface area contributed by atoms with Gasteiger partial charge in [0.05, 0.1) is 13.2 Å². The molecule has 0 radical (unpaired) electrons. The Bertz CT molecular complexity index is 245. The molecule has 3 unspecified atom stereocenters. The van der Waals surface area contributed by atoms with Crippen molar-refractivity contribution in [2.75, 3.05) is 33.5 Å². The van der Waals surface area contributed by atoms with Crippen LogP contribution in [0.15, 0.2) is 0 Å². The number of rotatable bonds is 11. The van der Waals surface area contributed by atoms with Crippen molar-refractivity contribution >= 4 is 0 Å². The van der Waals surface area contributed by atoms with Gasteiger partial charge in [-0.15, -0.1) is 0 Å². The average molecular weight is 299 g/mol. The molecular formula is C18H37NO2. The Kier molecular flexibility index (Phi) is 10.3. The van der Waals surface area contributed by atoms with Crippen LogP contribution in [0.25, 0.3) is 0 Å². The van der Waals surface area contributed by atoms with Crippen molar-refractivity contribution in [3.05, 3.63) is 0 Å². The molecule has 0 saturated heterocycles. The minimum absolute atomic E-state index is 0.604. The van der Waals surface area contributed by atoms with Crippen LogP contribution in [0.4, 0.5) is 0 Å². The van der Waals surface area contributed by atoms with Crippen molar-refractivity contribution in [3.8, 4) is 0 Å². The highest BCUT2D eigenvalue weighted by atomic mass is 16.5. The highest BCUT2D eigenvalue weighted by Crippen LogP contribution is 2.37. The minimum atomic E-state index is 0.604. The highest BCUT2D eigenvalue weighted by molar-refractivity contribution is 4.81. The summed E-state index contributed by atoms with van der Waals surface area (Å²) >= 11 is 0. The van der Waals surface area contributed by atoms with Gasteiger partial charge in [0.25, 0.3) is 0 Å². The standard InChI is InChI=1S/C18H37NO2/c1-5-16-8-9-18(14-19-15(2)3)17(13-16)7-6-10-21-12-11-20-4/h15-19H,5-14H2,1-4H3. The van der Waals surface area contributed by atoms with Crippen molar-refractivity contribution in [3.63, 3.8) is 0 Å². The molecule has 0 heterocycles. The molecule has 0 aromatic heterocycles. The molecule has 0 aliphatic heterocycles. The van der Waals surface area contributed by atoms with Crippen LogP contribution in [0.2, 0.25) is 0 Å². The van der Waals surface area contributed by atoms with Crippen LogP contribution in [0, 0.1) is 17.8 Å². The molecule has 1 N–H and O–H groups in total. The van der Waals surface area contributed by atoms with Crippen LogP contribution in [0.3, 0.4) is 0 Å². The van der Waals surface area contributed by atoms with Crippen LogP contribution >= 0.6 is 0 Å². The molecule has 1 aliphatic carbocycles. The number of ether oxygens (including phenoxy) is 2. The van der Waals surface area contributed by atoms with E-state index in [0.29, 0.717) is 12.6 Å². The lowest BCUT2D eigenvalue weighted by molar-refractivity contribution is 0.0626. The molecule has 126 valence electrons. The lowest BCUT2D eigenvalue weighted by Crippen LogP contribution is -2.36. The first-order valence-electron chi connectivity index (χ1n) is 8.97. The lowest BCUT2D eigenvalue weighted by Gasteiger charge is -2.36. The summed E-state index contributed by atoms with van der Waals surface area (Å²) in [6.07, 6.45) is 8.15. The Balaban J connectivity index is 2.28. The predicted molar refractivity (Wildman–Crippen MR) is 89.7 cm³/mol. The van der Waals surface area contributed by atoms with Crippen LogP contribution in [0.1, 0.15) is 59.3 Å². The summed E-state index contributed by atoms with van der Waals surface area (Å²) in [6, 6.07) is 0.604. The third-order valence-corrected chi connectivity index (χ3v) is 4.91. The first-order valence-corrected chi connectivity index (χ1v) is 8.97. The zero-order valence-corrected chi connectivity index (χ0v) is 14.7. The molecule has 0 aromatic carbocycles. The fourth-order valence-corrected chi connectivity index (χ4v) is 3.50. The maximum atomic E-state index is 5.61. The minimum Gasteiger partial charge on any atom is -0.382 e. The second-order valence-corrected chi connectivity index (χ2v) is 6.92. The van der Waals surface area contributed by atoms with Gasteiger partial charge >= 0.3 is 0 Å². The first-order chi connectivity index (χ1) is 10.2. The van der Waals surface area contributed by atoms with Crippen molar-refractivity contribution < 1.29 is 9.47 Å². The molecular weight excluding hydrogens is 262 g/mol. The average Bonchev–Trinajstić information content (AvgIpc) is 2.49. The molecule has 0 amide bonds. The molecule has 1 fully saturated rings. The van der Waals surface area contributed by atoms with E-state index >= 15 is 0 Å². The van der Waals surface area contributed by atoms with E-state index in [1.807, 2.05) is 0 Å². The third-order valence-electron chi connectivity index (χ3n) is 4.91. The van der Waals surface area contributed by atoms with Crippen LogP contribution in [-0.2, 0) is 9.47 Å². The van der Waals surface area contributed by atoms with Gasteiger partial charge in [0, 0.05) is 19.8 Å². The number of methoxy groups -OCH3 is 1. The summed E-state index contributed by atoms with van der Waals surface area (Å²) in [5.41, 5.74) is 0. The Morgan fingerprint density at radius 1 is 1.10 bits per heavy atom. The van der Waals surface area contributed by atoms with E-state index < -0.39 is 0 Å². The predicted octanol–water partition coefficient (Wildman–Crippen LogP) is 3.87. The van der Waals surface area contributed by atoms with E-state index in [1.165, 1.54) is 45.1 Å². The zero-order valence-electron chi connectivity index (χ0n) is 14.7. The number of hydrogen-bond donors (Lipinski definition) is 1. The molecule has 3 heteroatoms. The monoisotopic (exact) mass is 299 g/mol. The van der Waals surface area contributed by atoms with Crippen molar-refractivity contribution in [1.82, 2.24) is 5.32 Å². The molecule has 0 bridgehead atoms. The normalized spacial score (nSPS) is 26.4. The second-order valence-electron chi connectivity index (χ2n) is 6.92. The van der Waals surface area contributed by atoms with E-state index in [4.69, 9.17) is 9.47 Å². The summed E-state index contributed by atoms with van der Waals surface area (Å²) in [5.74, 6) is 2.72. The number of hydrogen-bond acceptors (Lipinski definition) is 3. The van der Waals surface area contributed by atoms with Gasteiger partial charge in [-0.2, -0.15) is 0 Å². The molecule has 0 aromatic rings. The lowest BCUT2D eigenvalue weighted by atomic mass is 9.71. The fraction of sp³-hybridized carbons (Fsp3) is 1.00. The van der Waals surface area contributed by atoms with Crippen molar-refractivity contribution in [2.24, 2.45) is 17.8 Å². The van der Waals surface area contributed by atoms with E-state index in [2.05, 4.69) is 26.1 Å². The largest absolute Gasteiger partial charge is 0.382 e.